The van der Waals surface area contributed by atoms with E-state index in [4.69, 9.17) is 5.11 Å². The van der Waals surface area contributed by atoms with Crippen LogP contribution in [-0.4, -0.2) is 52.4 Å². The lowest BCUT2D eigenvalue weighted by molar-refractivity contribution is 0.0747. The number of amides is 1. The summed E-state index contributed by atoms with van der Waals surface area (Å²) in [6, 6.07) is 3.44. The quantitative estimate of drug-likeness (QED) is 0.738. The van der Waals surface area contributed by atoms with Gasteiger partial charge >= 0.3 is 0 Å². The second-order valence-corrected chi connectivity index (χ2v) is 4.19. The molecule has 6 heteroatoms. The van der Waals surface area contributed by atoms with Crippen LogP contribution in [0.25, 0.3) is 0 Å². The number of carbonyl (C=O) groups is 1. The number of carbonyl (C=O) groups excluding carboxylic acids is 1. The predicted molar refractivity (Wildman–Crippen MR) is 74.1 cm³/mol. The van der Waals surface area contributed by atoms with Gasteiger partial charge in [0.1, 0.15) is 5.82 Å². The van der Waals surface area contributed by atoms with E-state index in [1.54, 1.807) is 17.0 Å². The molecule has 0 fully saturated rings. The lowest BCUT2D eigenvalue weighted by Crippen LogP contribution is -2.33. The van der Waals surface area contributed by atoms with Crippen molar-refractivity contribution in [3.05, 3.63) is 17.8 Å². The first kappa shape index (κ1) is 15.4. The highest BCUT2D eigenvalue weighted by molar-refractivity contribution is 5.92. The molecule has 106 valence electrons. The second kappa shape index (κ2) is 8.42. The molecule has 1 heterocycles. The average molecular weight is 266 g/mol. The van der Waals surface area contributed by atoms with E-state index in [0.717, 1.165) is 13.0 Å². The van der Waals surface area contributed by atoms with Crippen LogP contribution < -0.4 is 5.32 Å². The zero-order valence-electron chi connectivity index (χ0n) is 11.6. The molecule has 0 aliphatic carbocycles. The van der Waals surface area contributed by atoms with Crippen LogP contribution in [0.5, 0.6) is 0 Å². The van der Waals surface area contributed by atoms with Crippen LogP contribution in [0.1, 0.15) is 37.2 Å². The van der Waals surface area contributed by atoms with E-state index < -0.39 is 0 Å². The summed E-state index contributed by atoms with van der Waals surface area (Å²) in [6.07, 6.45) is 1.58. The minimum atomic E-state index is -0.148. The Kier molecular flexibility index (Phi) is 6.81. The molecule has 1 aromatic rings. The molecule has 1 rings (SSSR count). The molecule has 0 bridgehead atoms. The molecule has 19 heavy (non-hydrogen) atoms. The summed E-state index contributed by atoms with van der Waals surface area (Å²) < 4.78 is 0. The van der Waals surface area contributed by atoms with Crippen molar-refractivity contribution in [3.63, 3.8) is 0 Å². The van der Waals surface area contributed by atoms with E-state index in [1.807, 2.05) is 6.92 Å². The predicted octanol–water partition coefficient (Wildman–Crippen LogP) is 1.14. The molecule has 1 amide bonds. The van der Waals surface area contributed by atoms with Crippen molar-refractivity contribution in [2.45, 2.75) is 26.7 Å². The third-order valence-corrected chi connectivity index (χ3v) is 2.69. The Morgan fingerprint density at radius 3 is 2.68 bits per heavy atom. The normalized spacial score (nSPS) is 10.3. The average Bonchev–Trinajstić information content (AvgIpc) is 2.46. The molecule has 0 aliphatic rings. The van der Waals surface area contributed by atoms with Gasteiger partial charge in [-0.3, -0.25) is 4.79 Å². The van der Waals surface area contributed by atoms with E-state index in [9.17, 15) is 4.79 Å². The first-order valence-corrected chi connectivity index (χ1v) is 6.70. The molecule has 2 N–H and O–H groups in total. The molecular weight excluding hydrogens is 244 g/mol. The van der Waals surface area contributed by atoms with Crippen LogP contribution in [0.3, 0.4) is 0 Å². The summed E-state index contributed by atoms with van der Waals surface area (Å²) in [4.78, 5) is 13.8. The third-order valence-electron chi connectivity index (χ3n) is 2.69. The SMILES string of the molecule is CCCNc1ccc(C(=O)N(CC)CCCO)nn1. The highest BCUT2D eigenvalue weighted by Crippen LogP contribution is 2.05. The Balaban J connectivity index is 2.65. The molecule has 0 radical (unpaired) electrons. The monoisotopic (exact) mass is 266 g/mol. The smallest absolute Gasteiger partial charge is 0.274 e. The molecular formula is C13H22N4O2. The Labute approximate surface area is 113 Å². The first-order valence-electron chi connectivity index (χ1n) is 6.70. The van der Waals surface area contributed by atoms with Crippen molar-refractivity contribution < 1.29 is 9.90 Å². The molecule has 0 unspecified atom stereocenters. The molecule has 0 aromatic carbocycles. The molecule has 1 aromatic heterocycles. The summed E-state index contributed by atoms with van der Waals surface area (Å²) >= 11 is 0. The molecule has 6 nitrogen and oxygen atoms in total. The number of aromatic nitrogens is 2. The fraction of sp³-hybridized carbons (Fsp3) is 0.615. The third kappa shape index (κ3) is 4.82. The fourth-order valence-corrected chi connectivity index (χ4v) is 1.62. The number of hydrogen-bond acceptors (Lipinski definition) is 5. The van der Waals surface area contributed by atoms with E-state index in [0.29, 0.717) is 31.0 Å². The van der Waals surface area contributed by atoms with Gasteiger partial charge in [0.25, 0.3) is 5.91 Å². The number of nitrogens with one attached hydrogen (secondary N) is 1. The molecule has 0 saturated heterocycles. The van der Waals surface area contributed by atoms with Crippen molar-refractivity contribution in [1.82, 2.24) is 15.1 Å². The van der Waals surface area contributed by atoms with Gasteiger partial charge in [0.15, 0.2) is 5.69 Å². The van der Waals surface area contributed by atoms with Crippen LogP contribution >= 0.6 is 0 Å². The van der Waals surface area contributed by atoms with Crippen LogP contribution in [0.4, 0.5) is 5.82 Å². The molecule has 0 saturated carbocycles. The molecule has 0 spiro atoms. The highest BCUT2D eigenvalue weighted by Gasteiger charge is 2.15. The van der Waals surface area contributed by atoms with Crippen molar-refractivity contribution in [2.24, 2.45) is 0 Å². The maximum Gasteiger partial charge on any atom is 0.274 e. The molecule has 0 aliphatic heterocycles. The van der Waals surface area contributed by atoms with Gasteiger partial charge in [0.2, 0.25) is 0 Å². The topological polar surface area (TPSA) is 78.4 Å². The van der Waals surface area contributed by atoms with Gasteiger partial charge in [-0.25, -0.2) is 0 Å². The maximum absolute atomic E-state index is 12.1. The lowest BCUT2D eigenvalue weighted by Gasteiger charge is -2.19. The number of nitrogens with zero attached hydrogens (tertiary/aromatic N) is 3. The summed E-state index contributed by atoms with van der Waals surface area (Å²) in [5.41, 5.74) is 0.335. The lowest BCUT2D eigenvalue weighted by atomic mass is 10.3. The maximum atomic E-state index is 12.1. The number of hydrogen-bond donors (Lipinski definition) is 2. The van der Waals surface area contributed by atoms with Gasteiger partial charge in [-0.05, 0) is 31.9 Å². The van der Waals surface area contributed by atoms with Crippen LogP contribution in [0, 0.1) is 0 Å². The number of anilines is 1. The van der Waals surface area contributed by atoms with Gasteiger partial charge in [0.05, 0.1) is 0 Å². The van der Waals surface area contributed by atoms with E-state index >= 15 is 0 Å². The van der Waals surface area contributed by atoms with Crippen LogP contribution in [0.15, 0.2) is 12.1 Å². The van der Waals surface area contributed by atoms with Crippen molar-refractivity contribution in [3.8, 4) is 0 Å². The largest absolute Gasteiger partial charge is 0.396 e. The standard InChI is InChI=1S/C13H22N4O2/c1-3-8-14-12-7-6-11(15-16-12)13(19)17(4-2)9-5-10-18/h6-7,18H,3-5,8-10H2,1-2H3,(H,14,16). The van der Waals surface area contributed by atoms with Gasteiger partial charge in [-0.15, -0.1) is 10.2 Å². The Morgan fingerprint density at radius 1 is 1.37 bits per heavy atom. The first-order chi connectivity index (χ1) is 9.22. The van der Waals surface area contributed by atoms with Crippen LogP contribution in [0.2, 0.25) is 0 Å². The zero-order valence-corrected chi connectivity index (χ0v) is 11.6. The summed E-state index contributed by atoms with van der Waals surface area (Å²) in [5, 5.41) is 19.8. The van der Waals surface area contributed by atoms with E-state index in [1.165, 1.54) is 0 Å². The number of aliphatic hydroxyl groups excluding tert-OH is 1. The summed E-state index contributed by atoms with van der Waals surface area (Å²) in [6.45, 7) is 6.01. The van der Waals surface area contributed by atoms with Crippen molar-refractivity contribution in [1.29, 1.82) is 0 Å². The highest BCUT2D eigenvalue weighted by atomic mass is 16.3. The van der Waals surface area contributed by atoms with Gasteiger partial charge < -0.3 is 15.3 Å². The van der Waals surface area contributed by atoms with E-state index in [2.05, 4.69) is 22.4 Å². The van der Waals surface area contributed by atoms with Gasteiger partial charge in [-0.1, -0.05) is 6.92 Å². The fourth-order valence-electron chi connectivity index (χ4n) is 1.62. The zero-order chi connectivity index (χ0) is 14.1. The number of rotatable bonds is 8. The molecule has 0 atom stereocenters. The van der Waals surface area contributed by atoms with Crippen LogP contribution in [-0.2, 0) is 0 Å². The number of aliphatic hydroxyl groups is 1. The van der Waals surface area contributed by atoms with Gasteiger partial charge in [0, 0.05) is 26.2 Å². The minimum Gasteiger partial charge on any atom is -0.396 e. The Bertz CT molecular complexity index is 381. The van der Waals surface area contributed by atoms with E-state index in [-0.39, 0.29) is 12.5 Å². The van der Waals surface area contributed by atoms with Crippen molar-refractivity contribution >= 4 is 11.7 Å². The Morgan fingerprint density at radius 2 is 2.16 bits per heavy atom. The summed E-state index contributed by atoms with van der Waals surface area (Å²) in [7, 11) is 0. The van der Waals surface area contributed by atoms with Crippen molar-refractivity contribution in [2.75, 3.05) is 31.6 Å². The second-order valence-electron chi connectivity index (χ2n) is 4.19. The Hall–Kier alpha value is -1.69. The minimum absolute atomic E-state index is 0.0787. The van der Waals surface area contributed by atoms with Gasteiger partial charge in [-0.2, -0.15) is 0 Å². The summed E-state index contributed by atoms with van der Waals surface area (Å²) in [5.74, 6) is 0.530.